The highest BCUT2D eigenvalue weighted by atomic mass is 79.9. The number of anilines is 1. The Kier molecular flexibility index (Phi) is 6.90. The number of aromatic hydroxyl groups is 1. The van der Waals surface area contributed by atoms with Gasteiger partial charge in [-0.1, -0.05) is 15.9 Å². The zero-order chi connectivity index (χ0) is 23.3. The minimum absolute atomic E-state index is 0.0326. The van der Waals surface area contributed by atoms with Gasteiger partial charge in [0, 0.05) is 32.9 Å². The Morgan fingerprint density at radius 3 is 2.25 bits per heavy atom. The first kappa shape index (κ1) is 22.6. The van der Waals surface area contributed by atoms with Crippen LogP contribution in [0.2, 0.25) is 0 Å². The van der Waals surface area contributed by atoms with Crippen molar-refractivity contribution in [2.45, 2.75) is 0 Å². The molecule has 0 unspecified atom stereocenters. The number of halogens is 2. The molecule has 0 atom stereocenters. The van der Waals surface area contributed by atoms with Gasteiger partial charge in [-0.25, -0.2) is 9.82 Å². The smallest absolute Gasteiger partial charge is 0.312 e. The van der Waals surface area contributed by atoms with Gasteiger partial charge in [0.05, 0.1) is 11.1 Å². The van der Waals surface area contributed by atoms with Crippen LogP contribution in [0.15, 0.2) is 70.2 Å². The molecule has 0 heterocycles. The van der Waals surface area contributed by atoms with Gasteiger partial charge < -0.3 is 10.4 Å². The molecule has 0 saturated carbocycles. The molecule has 0 aromatic heterocycles. The van der Waals surface area contributed by atoms with Crippen molar-refractivity contribution in [2.75, 3.05) is 5.32 Å². The molecule has 0 radical (unpaired) electrons. The van der Waals surface area contributed by atoms with Crippen molar-refractivity contribution in [3.8, 4) is 5.75 Å². The minimum Gasteiger partial charge on any atom is -0.502 e. The standard InChI is InChI=1S/C21H14BrFN4O5/c22-15-9-14(19(28)18(10-15)27(31)32)11-24-26-21(30)13-3-7-17(8-4-13)25-20(29)12-1-5-16(23)6-2-12/h1-11,28H,(H,25,29)(H,26,30). The predicted molar refractivity (Wildman–Crippen MR) is 118 cm³/mol. The van der Waals surface area contributed by atoms with E-state index in [0.29, 0.717) is 10.2 Å². The van der Waals surface area contributed by atoms with E-state index < -0.39 is 34.0 Å². The molecule has 0 spiro atoms. The molecular weight excluding hydrogens is 487 g/mol. The quantitative estimate of drug-likeness (QED) is 0.264. The fourth-order valence-corrected chi connectivity index (χ4v) is 3.04. The molecule has 32 heavy (non-hydrogen) atoms. The van der Waals surface area contributed by atoms with Crippen LogP contribution in [0.3, 0.4) is 0 Å². The number of carbonyl (C=O) groups excluding carboxylic acids is 2. The van der Waals surface area contributed by atoms with Crippen molar-refractivity contribution in [1.82, 2.24) is 5.43 Å². The molecule has 0 bridgehead atoms. The lowest BCUT2D eigenvalue weighted by Gasteiger charge is -2.06. The maximum absolute atomic E-state index is 12.9. The number of hydrazone groups is 1. The third-order valence-corrected chi connectivity index (χ3v) is 4.62. The number of amides is 2. The SMILES string of the molecule is O=C(NN=Cc1cc(Br)cc([N+](=O)[O-])c1O)c1ccc(NC(=O)c2ccc(F)cc2)cc1. The van der Waals surface area contributed by atoms with Crippen LogP contribution in [0.4, 0.5) is 15.8 Å². The molecule has 0 aliphatic heterocycles. The lowest BCUT2D eigenvalue weighted by Crippen LogP contribution is -2.18. The Morgan fingerprint density at radius 1 is 1.03 bits per heavy atom. The van der Waals surface area contributed by atoms with Crippen LogP contribution in [0.5, 0.6) is 5.75 Å². The summed E-state index contributed by atoms with van der Waals surface area (Å²) in [5.41, 5.74) is 2.70. The van der Waals surface area contributed by atoms with Crippen LogP contribution in [0, 0.1) is 15.9 Å². The summed E-state index contributed by atoms with van der Waals surface area (Å²) in [5, 5.41) is 27.2. The maximum Gasteiger partial charge on any atom is 0.312 e. The molecule has 11 heteroatoms. The Balaban J connectivity index is 1.63. The lowest BCUT2D eigenvalue weighted by atomic mass is 10.1. The van der Waals surface area contributed by atoms with E-state index in [9.17, 15) is 29.2 Å². The Hall–Kier alpha value is -4.12. The second kappa shape index (κ2) is 9.79. The number of nitrogens with one attached hydrogen (secondary N) is 2. The molecule has 3 rings (SSSR count). The van der Waals surface area contributed by atoms with Crippen LogP contribution in [-0.4, -0.2) is 28.1 Å². The van der Waals surface area contributed by atoms with E-state index in [1.165, 1.54) is 54.6 Å². The van der Waals surface area contributed by atoms with Gasteiger partial charge in [-0.15, -0.1) is 0 Å². The number of carbonyl (C=O) groups is 2. The molecule has 9 nitrogen and oxygen atoms in total. The highest BCUT2D eigenvalue weighted by Crippen LogP contribution is 2.32. The molecule has 3 aromatic carbocycles. The number of phenolic OH excluding ortho intramolecular Hbond substituents is 1. The summed E-state index contributed by atoms with van der Waals surface area (Å²) in [5.74, 6) is -2.05. The molecule has 3 aromatic rings. The van der Waals surface area contributed by atoms with E-state index in [-0.39, 0.29) is 16.7 Å². The van der Waals surface area contributed by atoms with Crippen molar-refractivity contribution < 1.29 is 24.0 Å². The van der Waals surface area contributed by atoms with E-state index in [2.05, 4.69) is 31.8 Å². The van der Waals surface area contributed by atoms with E-state index >= 15 is 0 Å². The zero-order valence-corrected chi connectivity index (χ0v) is 17.7. The largest absolute Gasteiger partial charge is 0.502 e. The monoisotopic (exact) mass is 500 g/mol. The van der Waals surface area contributed by atoms with Crippen LogP contribution in [0.1, 0.15) is 26.3 Å². The summed E-state index contributed by atoms with van der Waals surface area (Å²) in [7, 11) is 0. The third-order valence-electron chi connectivity index (χ3n) is 4.16. The van der Waals surface area contributed by atoms with Gasteiger partial charge in [0.25, 0.3) is 11.8 Å². The van der Waals surface area contributed by atoms with Gasteiger partial charge in [0.1, 0.15) is 5.82 Å². The summed E-state index contributed by atoms with van der Waals surface area (Å²) in [6, 6.07) is 13.5. The normalized spacial score (nSPS) is 10.7. The van der Waals surface area contributed by atoms with Crippen LogP contribution in [-0.2, 0) is 0 Å². The second-order valence-electron chi connectivity index (χ2n) is 6.36. The van der Waals surface area contributed by atoms with Crippen molar-refractivity contribution in [3.05, 3.63) is 97.8 Å². The summed E-state index contributed by atoms with van der Waals surface area (Å²) >= 11 is 3.10. The van der Waals surface area contributed by atoms with E-state index in [0.717, 1.165) is 12.3 Å². The molecule has 0 fully saturated rings. The highest BCUT2D eigenvalue weighted by molar-refractivity contribution is 9.10. The number of nitro benzene ring substituents is 1. The number of rotatable bonds is 6. The number of benzene rings is 3. The Labute approximate surface area is 188 Å². The van der Waals surface area contributed by atoms with Crippen molar-refractivity contribution in [1.29, 1.82) is 0 Å². The molecule has 162 valence electrons. The van der Waals surface area contributed by atoms with Gasteiger partial charge in [0.15, 0.2) is 0 Å². The summed E-state index contributed by atoms with van der Waals surface area (Å²) in [6.45, 7) is 0. The van der Waals surface area contributed by atoms with E-state index in [4.69, 9.17) is 0 Å². The van der Waals surface area contributed by atoms with Gasteiger partial charge in [-0.05, 0) is 54.6 Å². The first-order valence-electron chi connectivity index (χ1n) is 8.92. The number of hydrogen-bond acceptors (Lipinski definition) is 6. The summed E-state index contributed by atoms with van der Waals surface area (Å²) in [4.78, 5) is 34.6. The topological polar surface area (TPSA) is 134 Å². The first-order valence-corrected chi connectivity index (χ1v) is 9.71. The van der Waals surface area contributed by atoms with Crippen molar-refractivity contribution in [3.63, 3.8) is 0 Å². The van der Waals surface area contributed by atoms with Gasteiger partial charge in [0.2, 0.25) is 5.75 Å². The van der Waals surface area contributed by atoms with E-state index in [1.54, 1.807) is 0 Å². The van der Waals surface area contributed by atoms with Crippen molar-refractivity contribution >= 4 is 45.3 Å². The first-order chi connectivity index (χ1) is 15.2. The van der Waals surface area contributed by atoms with Gasteiger partial charge in [-0.3, -0.25) is 19.7 Å². The highest BCUT2D eigenvalue weighted by Gasteiger charge is 2.17. The van der Waals surface area contributed by atoms with Gasteiger partial charge >= 0.3 is 5.69 Å². The Morgan fingerprint density at radius 2 is 1.62 bits per heavy atom. The molecular formula is C21H14BrFN4O5. The molecule has 3 N–H and O–H groups in total. The number of nitro groups is 1. The lowest BCUT2D eigenvalue weighted by molar-refractivity contribution is -0.385. The fourth-order valence-electron chi connectivity index (χ4n) is 2.58. The molecule has 0 aliphatic rings. The molecule has 0 saturated heterocycles. The van der Waals surface area contributed by atoms with Crippen LogP contribution in [0.25, 0.3) is 0 Å². The molecule has 2 amide bonds. The van der Waals surface area contributed by atoms with Crippen molar-refractivity contribution in [2.24, 2.45) is 5.10 Å². The van der Waals surface area contributed by atoms with Crippen LogP contribution < -0.4 is 10.7 Å². The number of nitrogens with zero attached hydrogens (tertiary/aromatic N) is 2. The summed E-state index contributed by atoms with van der Waals surface area (Å²) in [6.07, 6.45) is 1.07. The average Bonchev–Trinajstić information content (AvgIpc) is 2.76. The fraction of sp³-hybridized carbons (Fsp3) is 0. The average molecular weight is 501 g/mol. The second-order valence-corrected chi connectivity index (χ2v) is 7.27. The predicted octanol–water partition coefficient (Wildman–Crippen LogP) is 4.22. The third kappa shape index (κ3) is 5.52. The Bertz CT molecular complexity index is 1210. The molecule has 0 aliphatic carbocycles. The zero-order valence-electron chi connectivity index (χ0n) is 16.1. The van der Waals surface area contributed by atoms with Crippen LogP contribution >= 0.6 is 15.9 Å². The maximum atomic E-state index is 12.9. The number of phenols is 1. The van der Waals surface area contributed by atoms with Gasteiger partial charge in [-0.2, -0.15) is 5.10 Å². The minimum atomic E-state index is -0.744. The number of hydrogen-bond donors (Lipinski definition) is 3. The van der Waals surface area contributed by atoms with E-state index in [1.807, 2.05) is 0 Å². The summed E-state index contributed by atoms with van der Waals surface area (Å²) < 4.78 is 13.3.